The molecule has 0 saturated heterocycles. The Bertz CT molecular complexity index is 664. The molecule has 0 fully saturated rings. The zero-order valence-electron chi connectivity index (χ0n) is 12.6. The first-order valence-corrected chi connectivity index (χ1v) is 7.04. The molecular weight excluding hydrogens is 284 g/mol. The van der Waals surface area contributed by atoms with Crippen LogP contribution in [-0.4, -0.2) is 30.7 Å². The van der Waals surface area contributed by atoms with E-state index in [4.69, 9.17) is 4.52 Å². The van der Waals surface area contributed by atoms with Crippen LogP contribution in [0.4, 0.5) is 0 Å². The number of methoxy groups -OCH3 is 1. The van der Waals surface area contributed by atoms with E-state index in [1.165, 1.54) is 7.11 Å². The van der Waals surface area contributed by atoms with Crippen molar-refractivity contribution in [3.8, 4) is 11.1 Å². The van der Waals surface area contributed by atoms with Crippen molar-refractivity contribution in [2.24, 2.45) is 0 Å². The number of amides is 1. The van der Waals surface area contributed by atoms with E-state index in [1.807, 2.05) is 13.0 Å². The number of benzene rings is 1. The zero-order chi connectivity index (χ0) is 15.9. The molecule has 116 valence electrons. The molecule has 0 bridgehead atoms. The number of nitrogens with zero attached hydrogens (tertiary/aromatic N) is 1. The summed E-state index contributed by atoms with van der Waals surface area (Å²) in [6.07, 6.45) is 2.52. The summed E-state index contributed by atoms with van der Waals surface area (Å²) in [6.45, 7) is 2.22. The summed E-state index contributed by atoms with van der Waals surface area (Å²) in [5, 5.41) is 6.48. The molecule has 0 radical (unpaired) electrons. The van der Waals surface area contributed by atoms with Crippen molar-refractivity contribution in [3.63, 3.8) is 0 Å². The summed E-state index contributed by atoms with van der Waals surface area (Å²) in [5.41, 5.74) is 2.27. The van der Waals surface area contributed by atoms with E-state index in [9.17, 15) is 9.59 Å². The highest BCUT2D eigenvalue weighted by atomic mass is 16.5. The Hall–Kier alpha value is -2.63. The molecule has 6 heteroatoms. The van der Waals surface area contributed by atoms with Crippen molar-refractivity contribution in [1.29, 1.82) is 0 Å². The van der Waals surface area contributed by atoms with Gasteiger partial charge in [0, 0.05) is 24.1 Å². The van der Waals surface area contributed by atoms with Crippen molar-refractivity contribution < 1.29 is 18.8 Å². The van der Waals surface area contributed by atoms with Crippen LogP contribution in [0.2, 0.25) is 0 Å². The number of esters is 1. The lowest BCUT2D eigenvalue weighted by Gasteiger charge is -2.06. The van der Waals surface area contributed by atoms with Crippen LogP contribution in [0.1, 0.15) is 29.5 Å². The lowest BCUT2D eigenvalue weighted by molar-refractivity contribution is -0.140. The fourth-order valence-electron chi connectivity index (χ4n) is 2.06. The summed E-state index contributed by atoms with van der Waals surface area (Å²) in [4.78, 5) is 23.1. The van der Waals surface area contributed by atoms with Gasteiger partial charge in [-0.2, -0.15) is 0 Å². The molecule has 0 atom stereocenters. The van der Waals surface area contributed by atoms with E-state index in [0.717, 1.165) is 23.3 Å². The van der Waals surface area contributed by atoms with Crippen molar-refractivity contribution in [2.45, 2.75) is 19.8 Å². The molecule has 0 unspecified atom stereocenters. The first-order valence-electron chi connectivity index (χ1n) is 7.04. The zero-order valence-corrected chi connectivity index (χ0v) is 12.6. The Labute approximate surface area is 128 Å². The van der Waals surface area contributed by atoms with Gasteiger partial charge in [-0.25, -0.2) is 0 Å². The van der Waals surface area contributed by atoms with Gasteiger partial charge in [0.25, 0.3) is 5.91 Å². The van der Waals surface area contributed by atoms with Crippen LogP contribution >= 0.6 is 0 Å². The van der Waals surface area contributed by atoms with Gasteiger partial charge in [-0.3, -0.25) is 9.59 Å². The van der Waals surface area contributed by atoms with Crippen LogP contribution in [0, 0.1) is 0 Å². The fraction of sp³-hybridized carbons (Fsp3) is 0.312. The summed E-state index contributed by atoms with van der Waals surface area (Å²) >= 11 is 0. The molecule has 1 aromatic carbocycles. The van der Waals surface area contributed by atoms with Gasteiger partial charge in [-0.1, -0.05) is 24.2 Å². The van der Waals surface area contributed by atoms with Crippen molar-refractivity contribution >= 4 is 11.9 Å². The third-order valence-corrected chi connectivity index (χ3v) is 3.24. The highest BCUT2D eigenvalue weighted by Gasteiger charge is 2.12. The lowest BCUT2D eigenvalue weighted by atomic mass is 10.0. The Morgan fingerprint density at radius 3 is 2.91 bits per heavy atom. The van der Waals surface area contributed by atoms with Gasteiger partial charge in [0.1, 0.15) is 5.76 Å². The van der Waals surface area contributed by atoms with E-state index in [1.54, 1.807) is 24.4 Å². The van der Waals surface area contributed by atoms with Gasteiger partial charge < -0.3 is 14.6 Å². The molecule has 1 amide bonds. The maximum absolute atomic E-state index is 12.1. The van der Waals surface area contributed by atoms with E-state index >= 15 is 0 Å². The second kappa shape index (κ2) is 7.40. The Balaban J connectivity index is 2.08. The second-order valence-corrected chi connectivity index (χ2v) is 4.68. The van der Waals surface area contributed by atoms with E-state index < -0.39 is 0 Å². The number of rotatable bonds is 6. The number of nitrogens with one attached hydrogen (secondary N) is 1. The average molecular weight is 302 g/mol. The maximum atomic E-state index is 12.1. The molecule has 6 nitrogen and oxygen atoms in total. The number of ether oxygens (including phenoxy) is 1. The summed E-state index contributed by atoms with van der Waals surface area (Å²) < 4.78 is 9.69. The van der Waals surface area contributed by atoms with Crippen molar-refractivity contribution in [3.05, 3.63) is 41.8 Å². The Kier molecular flexibility index (Phi) is 5.30. The minimum Gasteiger partial charge on any atom is -0.469 e. The number of carbonyl (C=O) groups excluding carboxylic acids is 2. The first kappa shape index (κ1) is 15.8. The number of hydrogen-bond acceptors (Lipinski definition) is 5. The van der Waals surface area contributed by atoms with Gasteiger partial charge in [0.05, 0.1) is 19.7 Å². The van der Waals surface area contributed by atoms with Gasteiger partial charge >= 0.3 is 5.97 Å². The first-order chi connectivity index (χ1) is 10.7. The normalized spacial score (nSPS) is 10.3. The van der Waals surface area contributed by atoms with Gasteiger partial charge in [-0.05, 0) is 17.7 Å². The molecule has 2 rings (SSSR count). The molecule has 0 spiro atoms. The number of aryl methyl sites for hydroxylation is 1. The maximum Gasteiger partial charge on any atom is 0.307 e. The molecule has 2 aromatic rings. The van der Waals surface area contributed by atoms with Crippen LogP contribution < -0.4 is 5.32 Å². The van der Waals surface area contributed by atoms with Crippen LogP contribution in [-0.2, 0) is 16.0 Å². The van der Waals surface area contributed by atoms with Crippen LogP contribution in [0.15, 0.2) is 35.0 Å². The third kappa shape index (κ3) is 3.72. The highest BCUT2D eigenvalue weighted by Crippen LogP contribution is 2.24. The molecule has 1 N–H and O–H groups in total. The molecular formula is C16H18N2O4. The number of hydrogen-bond donors (Lipinski definition) is 1. The summed E-state index contributed by atoms with van der Waals surface area (Å²) in [5.74, 6) is 0.189. The SMILES string of the molecule is CCc1oncc1-c1cccc(C(=O)NCCC(=O)OC)c1. The molecule has 1 aromatic heterocycles. The van der Waals surface area contributed by atoms with Crippen LogP contribution in [0.5, 0.6) is 0 Å². The van der Waals surface area contributed by atoms with Crippen molar-refractivity contribution in [2.75, 3.05) is 13.7 Å². The number of carbonyl (C=O) groups is 2. The quantitative estimate of drug-likeness (QED) is 0.827. The molecule has 0 aliphatic carbocycles. The summed E-state index contributed by atoms with van der Waals surface area (Å²) in [6, 6.07) is 7.20. The van der Waals surface area contributed by atoms with E-state index in [2.05, 4.69) is 15.2 Å². The minimum atomic E-state index is -0.355. The third-order valence-electron chi connectivity index (χ3n) is 3.24. The lowest BCUT2D eigenvalue weighted by Crippen LogP contribution is -2.26. The van der Waals surface area contributed by atoms with E-state index in [0.29, 0.717) is 5.56 Å². The monoisotopic (exact) mass is 302 g/mol. The second-order valence-electron chi connectivity index (χ2n) is 4.68. The Morgan fingerprint density at radius 2 is 2.18 bits per heavy atom. The Morgan fingerprint density at radius 1 is 1.36 bits per heavy atom. The van der Waals surface area contributed by atoms with Gasteiger partial charge in [-0.15, -0.1) is 0 Å². The number of aromatic nitrogens is 1. The fourth-order valence-corrected chi connectivity index (χ4v) is 2.06. The average Bonchev–Trinajstić information content (AvgIpc) is 3.03. The smallest absolute Gasteiger partial charge is 0.307 e. The highest BCUT2D eigenvalue weighted by molar-refractivity contribution is 5.95. The molecule has 22 heavy (non-hydrogen) atoms. The minimum absolute atomic E-state index is 0.146. The molecule has 0 aliphatic rings. The molecule has 1 heterocycles. The van der Waals surface area contributed by atoms with Gasteiger partial charge in [0.15, 0.2) is 0 Å². The standard InChI is InChI=1S/C16H18N2O4/c1-3-14-13(10-18-22-14)11-5-4-6-12(9-11)16(20)17-8-7-15(19)21-2/h4-6,9-10H,3,7-8H2,1-2H3,(H,17,20). The molecule has 0 saturated carbocycles. The van der Waals surface area contributed by atoms with Crippen LogP contribution in [0.3, 0.4) is 0 Å². The predicted molar refractivity (Wildman–Crippen MR) is 80.3 cm³/mol. The van der Waals surface area contributed by atoms with Gasteiger partial charge in [0.2, 0.25) is 0 Å². The topological polar surface area (TPSA) is 81.4 Å². The van der Waals surface area contributed by atoms with Crippen LogP contribution in [0.25, 0.3) is 11.1 Å². The van der Waals surface area contributed by atoms with Crippen molar-refractivity contribution in [1.82, 2.24) is 10.5 Å². The van der Waals surface area contributed by atoms with E-state index in [-0.39, 0.29) is 24.8 Å². The summed E-state index contributed by atoms with van der Waals surface area (Å²) in [7, 11) is 1.32. The molecule has 0 aliphatic heterocycles. The predicted octanol–water partition coefficient (Wildman–Crippen LogP) is 2.20. The largest absolute Gasteiger partial charge is 0.469 e.